The minimum absolute atomic E-state index is 0.140. The van der Waals surface area contributed by atoms with Crippen molar-refractivity contribution in [2.24, 2.45) is 0 Å². The van der Waals surface area contributed by atoms with E-state index in [2.05, 4.69) is 40.2 Å². The van der Waals surface area contributed by atoms with Gasteiger partial charge in [0.05, 0.1) is 22.9 Å². The van der Waals surface area contributed by atoms with E-state index in [1.807, 2.05) is 46.0 Å². The van der Waals surface area contributed by atoms with Gasteiger partial charge in [0.25, 0.3) is 0 Å². The van der Waals surface area contributed by atoms with E-state index in [1.54, 1.807) is 12.4 Å². The number of piperazine rings is 1. The van der Waals surface area contributed by atoms with Crippen molar-refractivity contribution in [1.29, 1.82) is 0 Å². The van der Waals surface area contributed by atoms with Gasteiger partial charge in [-0.15, -0.1) is 0 Å². The fraction of sp³-hybridized carbons (Fsp3) is 0.379. The Bertz CT molecular complexity index is 1480. The fourth-order valence-electron chi connectivity index (χ4n) is 5.04. The third-order valence-corrected chi connectivity index (χ3v) is 8.44. The molecule has 0 bridgehead atoms. The maximum atomic E-state index is 11.7. The number of hydrogen-bond donors (Lipinski definition) is 0. The van der Waals surface area contributed by atoms with Gasteiger partial charge in [0.2, 0.25) is 5.88 Å². The summed E-state index contributed by atoms with van der Waals surface area (Å²) in [5.74, 6) is 1.22. The van der Waals surface area contributed by atoms with Crippen LogP contribution in [0.2, 0.25) is 19.1 Å². The predicted octanol–water partition coefficient (Wildman–Crippen LogP) is 4.65. The Labute approximate surface area is 235 Å². The summed E-state index contributed by atoms with van der Waals surface area (Å²) in [6, 6.07) is 17.1. The van der Waals surface area contributed by atoms with E-state index in [0.717, 1.165) is 60.1 Å². The molecule has 0 saturated carbocycles. The molecular formula is C29H33N6O4Si. The summed E-state index contributed by atoms with van der Waals surface area (Å²) < 4.78 is 18.9. The van der Waals surface area contributed by atoms with Gasteiger partial charge in [0.15, 0.2) is 0 Å². The number of benzene rings is 1. The number of cyclic esters (lactones) is 1. The lowest BCUT2D eigenvalue weighted by atomic mass is 10.1. The summed E-state index contributed by atoms with van der Waals surface area (Å²) in [7, 11) is -0.288. The zero-order chi connectivity index (χ0) is 27.5. The van der Waals surface area contributed by atoms with Gasteiger partial charge in [0, 0.05) is 71.0 Å². The van der Waals surface area contributed by atoms with E-state index in [-0.39, 0.29) is 20.9 Å². The van der Waals surface area contributed by atoms with Crippen LogP contribution in [-0.2, 0) is 22.7 Å². The zero-order valence-electron chi connectivity index (χ0n) is 22.8. The Hall–Kier alpha value is -3.80. The maximum absolute atomic E-state index is 11.7. The normalized spacial score (nSPS) is 17.4. The van der Waals surface area contributed by atoms with Crippen LogP contribution in [0.15, 0.2) is 60.9 Å². The molecule has 3 aromatic heterocycles. The quantitative estimate of drug-likeness (QED) is 0.205. The molecule has 207 valence electrons. The molecule has 4 aromatic rings. The topological polar surface area (TPSA) is 94.8 Å². The molecule has 1 radical (unpaired) electrons. The first-order valence-electron chi connectivity index (χ1n) is 13.6. The molecule has 0 aliphatic carbocycles. The van der Waals surface area contributed by atoms with E-state index in [0.29, 0.717) is 31.5 Å². The number of carbonyl (C=O) groups is 1. The zero-order valence-corrected chi connectivity index (χ0v) is 23.8. The smallest absolute Gasteiger partial charge is 0.410 e. The van der Waals surface area contributed by atoms with E-state index >= 15 is 0 Å². The van der Waals surface area contributed by atoms with Crippen LogP contribution < -0.4 is 4.74 Å². The molecule has 11 heteroatoms. The Morgan fingerprint density at radius 1 is 1.10 bits per heavy atom. The van der Waals surface area contributed by atoms with Crippen LogP contribution in [0, 0.1) is 0 Å². The first-order chi connectivity index (χ1) is 19.5. The highest BCUT2D eigenvalue weighted by Gasteiger charge is 2.37. The van der Waals surface area contributed by atoms with Crippen molar-refractivity contribution in [2.75, 3.05) is 32.8 Å². The summed E-state index contributed by atoms with van der Waals surface area (Å²) in [6.07, 6.45) is 3.38. The molecule has 6 rings (SSSR count). The monoisotopic (exact) mass is 557 g/mol. The minimum atomic E-state index is -0.288. The van der Waals surface area contributed by atoms with Crippen molar-refractivity contribution < 1.29 is 19.0 Å². The van der Waals surface area contributed by atoms with Crippen LogP contribution in [-0.4, -0.2) is 83.3 Å². The summed E-state index contributed by atoms with van der Waals surface area (Å²) in [5, 5.41) is 5.40. The molecule has 40 heavy (non-hydrogen) atoms. The number of aromatic nitrogens is 4. The molecular weight excluding hydrogens is 524 g/mol. The van der Waals surface area contributed by atoms with Crippen LogP contribution in [0.3, 0.4) is 0 Å². The molecule has 1 aromatic carbocycles. The standard InChI is InChI=1S/C29H33N6O4Si/c1-40(2)14-13-37-20-35-27(9-10-31-35)22-4-8-28(30-16-22)39-25-6-7-26-21(15-25)3-5-23(32-26)17-33-11-12-34-24(18-33)19-38-29(34)36/h3-10,15-16,24H,11-14,17-20H2,1-2H3/t24-/m0/s1. The van der Waals surface area contributed by atoms with Gasteiger partial charge < -0.3 is 14.2 Å². The Morgan fingerprint density at radius 2 is 2.02 bits per heavy atom. The molecule has 2 aliphatic rings. The number of ether oxygens (including phenoxy) is 3. The van der Waals surface area contributed by atoms with Gasteiger partial charge >= 0.3 is 6.09 Å². The highest BCUT2D eigenvalue weighted by atomic mass is 28.3. The molecule has 2 saturated heterocycles. The predicted molar refractivity (Wildman–Crippen MR) is 153 cm³/mol. The molecule has 1 atom stereocenters. The Morgan fingerprint density at radius 3 is 2.88 bits per heavy atom. The minimum Gasteiger partial charge on any atom is -0.447 e. The average molecular weight is 558 g/mol. The highest BCUT2D eigenvalue weighted by Crippen LogP contribution is 2.27. The van der Waals surface area contributed by atoms with Crippen molar-refractivity contribution in [1.82, 2.24) is 29.5 Å². The lowest BCUT2D eigenvalue weighted by Crippen LogP contribution is -2.51. The molecule has 0 unspecified atom stereocenters. The van der Waals surface area contributed by atoms with Crippen LogP contribution >= 0.6 is 0 Å². The summed E-state index contributed by atoms with van der Waals surface area (Å²) in [6.45, 7) is 9.29. The second-order valence-corrected chi connectivity index (χ2v) is 13.4. The molecule has 1 amide bonds. The summed E-state index contributed by atoms with van der Waals surface area (Å²) in [4.78, 5) is 25.3. The molecule has 2 fully saturated rings. The van der Waals surface area contributed by atoms with Gasteiger partial charge in [-0.1, -0.05) is 19.2 Å². The molecule has 2 aliphatic heterocycles. The van der Waals surface area contributed by atoms with Crippen molar-refractivity contribution in [3.05, 3.63) is 66.6 Å². The van der Waals surface area contributed by atoms with Crippen molar-refractivity contribution in [2.45, 2.75) is 38.5 Å². The third-order valence-electron chi connectivity index (χ3n) is 7.24. The second kappa shape index (κ2) is 11.7. The number of hydrogen-bond acceptors (Lipinski definition) is 8. The van der Waals surface area contributed by atoms with E-state index in [9.17, 15) is 4.79 Å². The number of amides is 1. The summed E-state index contributed by atoms with van der Waals surface area (Å²) >= 11 is 0. The average Bonchev–Trinajstić information content (AvgIpc) is 3.58. The van der Waals surface area contributed by atoms with Gasteiger partial charge in [-0.2, -0.15) is 5.10 Å². The molecule has 5 heterocycles. The van der Waals surface area contributed by atoms with Crippen LogP contribution in [0.5, 0.6) is 11.6 Å². The maximum Gasteiger partial charge on any atom is 0.410 e. The van der Waals surface area contributed by atoms with Gasteiger partial charge in [0.1, 0.15) is 19.1 Å². The first-order valence-corrected chi connectivity index (χ1v) is 16.3. The van der Waals surface area contributed by atoms with Crippen molar-refractivity contribution >= 4 is 25.8 Å². The number of nitrogens with zero attached hydrogens (tertiary/aromatic N) is 6. The first kappa shape index (κ1) is 26.4. The number of fused-ring (bicyclic) bond motifs is 2. The Kier molecular flexibility index (Phi) is 7.76. The fourth-order valence-corrected chi connectivity index (χ4v) is 5.60. The van der Waals surface area contributed by atoms with E-state index < -0.39 is 0 Å². The SMILES string of the molecule is C[Si](C)CCOCn1nccc1-c1ccc(Oc2ccc3nc(CN4CCN5C(=O)OC[C@@H]5C4)ccc3c2)nc1. The van der Waals surface area contributed by atoms with Crippen LogP contribution in [0.4, 0.5) is 4.79 Å². The second-order valence-electron chi connectivity index (χ2n) is 10.5. The lowest BCUT2D eigenvalue weighted by Gasteiger charge is -2.35. The van der Waals surface area contributed by atoms with Gasteiger partial charge in [-0.25, -0.2) is 14.5 Å². The largest absolute Gasteiger partial charge is 0.447 e. The number of carbonyl (C=O) groups excluding carboxylic acids is 1. The lowest BCUT2D eigenvalue weighted by molar-refractivity contribution is 0.0801. The molecule has 10 nitrogen and oxygen atoms in total. The molecule has 0 N–H and O–H groups in total. The van der Waals surface area contributed by atoms with Crippen LogP contribution in [0.1, 0.15) is 5.69 Å². The van der Waals surface area contributed by atoms with E-state index in [4.69, 9.17) is 19.2 Å². The van der Waals surface area contributed by atoms with E-state index in [1.165, 1.54) is 0 Å². The third kappa shape index (κ3) is 6.01. The summed E-state index contributed by atoms with van der Waals surface area (Å²) in [5.41, 5.74) is 3.82. The van der Waals surface area contributed by atoms with Gasteiger partial charge in [-0.05, 0) is 42.4 Å². The van der Waals surface area contributed by atoms with Crippen molar-refractivity contribution in [3.8, 4) is 22.9 Å². The highest BCUT2D eigenvalue weighted by molar-refractivity contribution is 6.55. The van der Waals surface area contributed by atoms with Gasteiger partial charge in [-0.3, -0.25) is 14.8 Å². The molecule has 0 spiro atoms. The van der Waals surface area contributed by atoms with Crippen molar-refractivity contribution in [3.63, 3.8) is 0 Å². The number of pyridine rings is 2. The Balaban J connectivity index is 1.07. The van der Waals surface area contributed by atoms with Crippen LogP contribution in [0.25, 0.3) is 22.2 Å². The number of rotatable bonds is 10.